The number of aromatic hydroxyl groups is 2. The predicted octanol–water partition coefficient (Wildman–Crippen LogP) is 5.87. The van der Waals surface area contributed by atoms with Gasteiger partial charge in [0.15, 0.2) is 5.69 Å². The van der Waals surface area contributed by atoms with Crippen LogP contribution in [0.4, 0.5) is 17.1 Å². The number of fused-ring (bicyclic) bond motifs is 1. The summed E-state index contributed by atoms with van der Waals surface area (Å²) in [6.45, 7) is -0.214. The molecule has 0 fully saturated rings. The second-order valence-corrected chi connectivity index (χ2v) is 8.75. The molecule has 0 aliphatic rings. The molecule has 0 radical (unpaired) electrons. The lowest BCUT2D eigenvalue weighted by Gasteiger charge is -2.08. The number of benzene rings is 4. The summed E-state index contributed by atoms with van der Waals surface area (Å²) in [6.07, 6.45) is 0. The van der Waals surface area contributed by atoms with Gasteiger partial charge in [-0.2, -0.15) is 0 Å². The van der Waals surface area contributed by atoms with E-state index in [1.807, 2.05) is 6.07 Å². The van der Waals surface area contributed by atoms with Gasteiger partial charge in [0.2, 0.25) is 11.8 Å². The summed E-state index contributed by atoms with van der Waals surface area (Å²) in [7, 11) is 0. The summed E-state index contributed by atoms with van der Waals surface area (Å²) in [5, 5.41) is 34.8. The molecule has 198 valence electrons. The minimum atomic E-state index is -0.897. The van der Waals surface area contributed by atoms with Crippen LogP contribution in [0.3, 0.4) is 0 Å². The SMILES string of the molecule is O=C(Cn1c(O)c(N=NC(=O)c2cc(NC(=O)c3ccccc3)ccc2O)c2ccccc21)Nc1ccccc1. The highest BCUT2D eigenvalue weighted by Gasteiger charge is 2.20. The molecule has 40 heavy (non-hydrogen) atoms. The van der Waals surface area contributed by atoms with Crippen molar-refractivity contribution in [1.29, 1.82) is 0 Å². The highest BCUT2D eigenvalue weighted by Crippen LogP contribution is 2.39. The van der Waals surface area contributed by atoms with E-state index in [-0.39, 0.29) is 46.9 Å². The van der Waals surface area contributed by atoms with Crippen molar-refractivity contribution in [2.45, 2.75) is 6.54 Å². The standard InChI is InChI=1S/C30H23N5O5/c36-25-16-15-21(32-28(38)19-9-3-1-4-10-19)17-23(25)29(39)34-33-27-22-13-7-8-14-24(22)35(30(27)40)18-26(37)31-20-11-5-2-6-12-20/h1-17,36,40H,18H2,(H,31,37)(H,32,38). The molecule has 10 nitrogen and oxygen atoms in total. The molecule has 5 rings (SSSR count). The maximum absolute atomic E-state index is 12.9. The summed E-state index contributed by atoms with van der Waals surface area (Å²) < 4.78 is 1.36. The minimum Gasteiger partial charge on any atom is -0.507 e. The molecule has 4 aromatic carbocycles. The monoisotopic (exact) mass is 533 g/mol. The fourth-order valence-corrected chi connectivity index (χ4v) is 4.12. The Labute approximate surface area is 228 Å². The number of rotatable bonds is 7. The summed E-state index contributed by atoms with van der Waals surface area (Å²) in [5.41, 5.74) is 1.61. The number of nitrogens with zero attached hydrogens (tertiary/aromatic N) is 3. The number of hydrogen-bond acceptors (Lipinski definition) is 6. The Morgan fingerprint density at radius 2 is 1.43 bits per heavy atom. The van der Waals surface area contributed by atoms with Gasteiger partial charge in [0.25, 0.3) is 11.8 Å². The van der Waals surface area contributed by atoms with Gasteiger partial charge in [-0.15, -0.1) is 10.2 Å². The summed E-state index contributed by atoms with van der Waals surface area (Å²) in [6, 6.07) is 28.3. The fraction of sp³-hybridized carbons (Fsp3) is 0.0333. The highest BCUT2D eigenvalue weighted by atomic mass is 16.3. The summed E-state index contributed by atoms with van der Waals surface area (Å²) in [4.78, 5) is 38.0. The van der Waals surface area contributed by atoms with Crippen molar-refractivity contribution >= 4 is 45.7 Å². The van der Waals surface area contributed by atoms with Gasteiger partial charge in [-0.05, 0) is 48.5 Å². The van der Waals surface area contributed by atoms with Crippen molar-refractivity contribution in [3.05, 3.63) is 114 Å². The van der Waals surface area contributed by atoms with E-state index in [4.69, 9.17) is 0 Å². The summed E-state index contributed by atoms with van der Waals surface area (Å²) in [5.74, 6) is -2.37. The summed E-state index contributed by atoms with van der Waals surface area (Å²) >= 11 is 0. The Morgan fingerprint density at radius 3 is 2.17 bits per heavy atom. The second kappa shape index (κ2) is 11.3. The number of carbonyl (C=O) groups is 3. The van der Waals surface area contributed by atoms with E-state index >= 15 is 0 Å². The number of carbonyl (C=O) groups excluding carboxylic acids is 3. The average Bonchev–Trinajstić information content (AvgIpc) is 3.23. The molecule has 1 heterocycles. The number of nitrogens with one attached hydrogen (secondary N) is 2. The van der Waals surface area contributed by atoms with E-state index in [1.165, 1.54) is 22.8 Å². The van der Waals surface area contributed by atoms with Crippen LogP contribution in [0.2, 0.25) is 0 Å². The topological polar surface area (TPSA) is 145 Å². The van der Waals surface area contributed by atoms with Crippen molar-refractivity contribution in [1.82, 2.24) is 4.57 Å². The van der Waals surface area contributed by atoms with Crippen LogP contribution in [-0.2, 0) is 11.3 Å². The first-order chi connectivity index (χ1) is 19.4. The maximum Gasteiger partial charge on any atom is 0.299 e. The molecule has 3 amide bonds. The van der Waals surface area contributed by atoms with Crippen LogP contribution in [0.25, 0.3) is 10.9 Å². The number of aromatic nitrogens is 1. The first kappa shape index (κ1) is 25.9. The number of amides is 3. The molecule has 0 aliphatic carbocycles. The van der Waals surface area contributed by atoms with Crippen molar-refractivity contribution in [3.63, 3.8) is 0 Å². The zero-order valence-corrected chi connectivity index (χ0v) is 21.0. The predicted molar refractivity (Wildman–Crippen MR) is 150 cm³/mol. The second-order valence-electron chi connectivity index (χ2n) is 8.75. The van der Waals surface area contributed by atoms with Gasteiger partial charge in [-0.3, -0.25) is 14.4 Å². The fourth-order valence-electron chi connectivity index (χ4n) is 4.12. The van der Waals surface area contributed by atoms with E-state index in [9.17, 15) is 24.6 Å². The molecule has 0 bridgehead atoms. The Kier molecular flexibility index (Phi) is 7.32. The molecular weight excluding hydrogens is 510 g/mol. The molecule has 10 heteroatoms. The Balaban J connectivity index is 1.38. The molecule has 0 atom stereocenters. The van der Waals surface area contributed by atoms with Gasteiger partial charge in [0.1, 0.15) is 12.3 Å². The van der Waals surface area contributed by atoms with E-state index in [2.05, 4.69) is 20.9 Å². The molecule has 5 aromatic rings. The van der Waals surface area contributed by atoms with Gasteiger partial charge >= 0.3 is 0 Å². The number of anilines is 2. The third-order valence-electron chi connectivity index (χ3n) is 6.04. The normalized spacial score (nSPS) is 11.0. The van der Waals surface area contributed by atoms with Crippen molar-refractivity contribution in [2.75, 3.05) is 10.6 Å². The molecular formula is C30H23N5O5. The lowest BCUT2D eigenvalue weighted by molar-refractivity contribution is -0.116. The third-order valence-corrected chi connectivity index (χ3v) is 6.04. The number of para-hydroxylation sites is 2. The van der Waals surface area contributed by atoms with Crippen LogP contribution in [0.5, 0.6) is 11.6 Å². The lowest BCUT2D eigenvalue weighted by atomic mass is 10.1. The lowest BCUT2D eigenvalue weighted by Crippen LogP contribution is -2.18. The Bertz CT molecular complexity index is 1750. The van der Waals surface area contributed by atoms with Crippen LogP contribution >= 0.6 is 0 Å². The van der Waals surface area contributed by atoms with Gasteiger partial charge in [0.05, 0.1) is 11.1 Å². The van der Waals surface area contributed by atoms with E-state index < -0.39 is 5.91 Å². The van der Waals surface area contributed by atoms with E-state index in [1.54, 1.807) is 78.9 Å². The molecule has 4 N–H and O–H groups in total. The van der Waals surface area contributed by atoms with Gasteiger partial charge in [-0.25, -0.2) is 0 Å². The smallest absolute Gasteiger partial charge is 0.299 e. The largest absolute Gasteiger partial charge is 0.507 e. The van der Waals surface area contributed by atoms with Crippen LogP contribution in [0.15, 0.2) is 113 Å². The average molecular weight is 534 g/mol. The number of hydrogen-bond donors (Lipinski definition) is 4. The van der Waals surface area contributed by atoms with E-state index in [0.717, 1.165) is 0 Å². The molecule has 0 aliphatic heterocycles. The molecule has 0 spiro atoms. The number of azo groups is 1. The van der Waals surface area contributed by atoms with Crippen LogP contribution in [0, 0.1) is 0 Å². The minimum absolute atomic E-state index is 0.00974. The van der Waals surface area contributed by atoms with Crippen LogP contribution in [0.1, 0.15) is 20.7 Å². The molecule has 0 saturated heterocycles. The molecule has 1 aromatic heterocycles. The van der Waals surface area contributed by atoms with Crippen LogP contribution < -0.4 is 10.6 Å². The zero-order valence-electron chi connectivity index (χ0n) is 21.0. The first-order valence-electron chi connectivity index (χ1n) is 12.2. The molecule has 0 unspecified atom stereocenters. The van der Waals surface area contributed by atoms with Crippen molar-refractivity contribution in [3.8, 4) is 11.6 Å². The van der Waals surface area contributed by atoms with Crippen molar-refractivity contribution < 1.29 is 24.6 Å². The molecule has 0 saturated carbocycles. The number of phenols is 1. The highest BCUT2D eigenvalue weighted by molar-refractivity contribution is 6.06. The van der Waals surface area contributed by atoms with Gasteiger partial charge in [0, 0.05) is 22.3 Å². The van der Waals surface area contributed by atoms with Crippen molar-refractivity contribution in [2.24, 2.45) is 10.2 Å². The first-order valence-corrected chi connectivity index (χ1v) is 12.2. The zero-order chi connectivity index (χ0) is 28.1. The Morgan fingerprint density at radius 1 is 0.750 bits per heavy atom. The Hall–Kier alpha value is -5.77. The maximum atomic E-state index is 12.9. The van der Waals surface area contributed by atoms with E-state index in [0.29, 0.717) is 22.2 Å². The quantitative estimate of drug-likeness (QED) is 0.153. The van der Waals surface area contributed by atoms with Crippen LogP contribution in [-0.4, -0.2) is 32.5 Å². The number of phenolic OH excluding ortho intramolecular Hbond substituents is 1. The third kappa shape index (κ3) is 5.55. The van der Waals surface area contributed by atoms with Gasteiger partial charge < -0.3 is 25.4 Å². The van der Waals surface area contributed by atoms with Gasteiger partial charge in [-0.1, -0.05) is 54.6 Å².